The van der Waals surface area contributed by atoms with E-state index in [1.807, 2.05) is 29.2 Å². The highest BCUT2D eigenvalue weighted by atomic mass is 16.5. The van der Waals surface area contributed by atoms with Crippen molar-refractivity contribution in [2.75, 3.05) is 39.8 Å². The van der Waals surface area contributed by atoms with Crippen LogP contribution in [-0.4, -0.2) is 66.3 Å². The lowest BCUT2D eigenvalue weighted by Gasteiger charge is -2.32. The van der Waals surface area contributed by atoms with Crippen molar-refractivity contribution in [3.8, 4) is 5.75 Å². The summed E-state index contributed by atoms with van der Waals surface area (Å²) in [6.07, 6.45) is 4.51. The Morgan fingerprint density at radius 2 is 1.61 bits per heavy atom. The summed E-state index contributed by atoms with van der Waals surface area (Å²) in [5.74, 6) is 0.892. The number of methoxy groups -OCH3 is 1. The third kappa shape index (κ3) is 6.28. The molecule has 36 heavy (non-hydrogen) atoms. The predicted molar refractivity (Wildman–Crippen MR) is 143 cm³/mol. The van der Waals surface area contributed by atoms with E-state index in [4.69, 9.17) is 4.74 Å². The number of piperidine rings is 1. The van der Waals surface area contributed by atoms with Gasteiger partial charge in [0.1, 0.15) is 18.5 Å². The van der Waals surface area contributed by atoms with E-state index in [2.05, 4.69) is 49.9 Å². The molecule has 2 heterocycles. The number of rotatable bonds is 8. The highest BCUT2D eigenvalue weighted by Crippen LogP contribution is 2.33. The minimum absolute atomic E-state index is 0.0136. The van der Waals surface area contributed by atoms with Crippen molar-refractivity contribution < 1.29 is 14.3 Å². The van der Waals surface area contributed by atoms with E-state index in [0.717, 1.165) is 42.9 Å². The second kappa shape index (κ2) is 11.5. The van der Waals surface area contributed by atoms with Gasteiger partial charge in [-0.2, -0.15) is 0 Å². The predicted octanol–water partition coefficient (Wildman–Crippen LogP) is 4.78. The van der Waals surface area contributed by atoms with E-state index in [1.54, 1.807) is 12.0 Å². The Balaban J connectivity index is 1.53. The van der Waals surface area contributed by atoms with Crippen molar-refractivity contribution in [3.63, 3.8) is 0 Å². The second-order valence-electron chi connectivity index (χ2n) is 11.1. The Labute approximate surface area is 216 Å². The van der Waals surface area contributed by atoms with Crippen LogP contribution in [0.25, 0.3) is 0 Å². The van der Waals surface area contributed by atoms with Crippen LogP contribution in [0.3, 0.4) is 0 Å². The van der Waals surface area contributed by atoms with Crippen molar-refractivity contribution in [2.45, 2.75) is 64.5 Å². The van der Waals surface area contributed by atoms with Crippen LogP contribution in [0.4, 0.5) is 0 Å². The first kappa shape index (κ1) is 26.2. The van der Waals surface area contributed by atoms with Crippen LogP contribution in [0.15, 0.2) is 48.5 Å². The fourth-order valence-electron chi connectivity index (χ4n) is 5.24. The highest BCUT2D eigenvalue weighted by molar-refractivity contribution is 5.89. The highest BCUT2D eigenvalue weighted by Gasteiger charge is 2.41. The number of benzene rings is 2. The zero-order valence-electron chi connectivity index (χ0n) is 22.3. The molecule has 0 bridgehead atoms. The molecule has 2 amide bonds. The maximum absolute atomic E-state index is 13.4. The summed E-state index contributed by atoms with van der Waals surface area (Å²) >= 11 is 0. The Hall–Kier alpha value is -2.86. The average molecular weight is 492 g/mol. The molecule has 0 N–H and O–H groups in total. The van der Waals surface area contributed by atoms with Crippen LogP contribution >= 0.6 is 0 Å². The number of hydrogen-bond acceptors (Lipinski definition) is 4. The molecule has 6 nitrogen and oxygen atoms in total. The van der Waals surface area contributed by atoms with Gasteiger partial charge in [0.15, 0.2) is 0 Å². The van der Waals surface area contributed by atoms with Crippen molar-refractivity contribution in [2.24, 2.45) is 0 Å². The normalized spacial score (nSPS) is 19.1. The molecule has 0 aromatic heterocycles. The Morgan fingerprint density at radius 3 is 2.22 bits per heavy atom. The van der Waals surface area contributed by atoms with E-state index in [9.17, 15) is 9.59 Å². The van der Waals surface area contributed by atoms with Crippen molar-refractivity contribution >= 4 is 11.8 Å². The summed E-state index contributed by atoms with van der Waals surface area (Å²) in [5.41, 5.74) is 3.42. The third-order valence-corrected chi connectivity index (χ3v) is 7.50. The number of likely N-dealkylation sites (tertiary alicyclic amines) is 1. The van der Waals surface area contributed by atoms with Gasteiger partial charge in [-0.05, 0) is 66.6 Å². The van der Waals surface area contributed by atoms with Gasteiger partial charge < -0.3 is 19.4 Å². The molecule has 2 aliphatic heterocycles. The number of nitrogens with zero attached hydrogens (tertiary/aromatic N) is 3. The van der Waals surface area contributed by atoms with E-state index in [1.165, 1.54) is 24.8 Å². The van der Waals surface area contributed by atoms with E-state index in [-0.39, 0.29) is 29.9 Å². The molecular weight excluding hydrogens is 450 g/mol. The lowest BCUT2D eigenvalue weighted by Crippen LogP contribution is -2.39. The van der Waals surface area contributed by atoms with E-state index >= 15 is 0 Å². The maximum Gasteiger partial charge on any atom is 0.244 e. The van der Waals surface area contributed by atoms with Crippen LogP contribution < -0.4 is 4.74 Å². The van der Waals surface area contributed by atoms with E-state index in [0.29, 0.717) is 13.0 Å². The molecule has 194 valence electrons. The minimum Gasteiger partial charge on any atom is -0.497 e. The second-order valence-corrected chi connectivity index (χ2v) is 11.1. The topological polar surface area (TPSA) is 53.1 Å². The zero-order chi connectivity index (χ0) is 25.7. The van der Waals surface area contributed by atoms with Crippen LogP contribution in [0.5, 0.6) is 5.75 Å². The summed E-state index contributed by atoms with van der Waals surface area (Å²) in [6.45, 7) is 10.2. The monoisotopic (exact) mass is 491 g/mol. The zero-order valence-corrected chi connectivity index (χ0v) is 22.3. The number of ether oxygens (including phenoxy) is 1. The van der Waals surface area contributed by atoms with Gasteiger partial charge in [-0.1, -0.05) is 63.6 Å². The molecule has 4 rings (SSSR count). The molecule has 2 aromatic carbocycles. The third-order valence-electron chi connectivity index (χ3n) is 7.50. The molecule has 2 aromatic rings. The number of hydrogen-bond donors (Lipinski definition) is 0. The molecular formula is C30H41N3O3. The van der Waals surface area contributed by atoms with Crippen molar-refractivity contribution in [1.29, 1.82) is 0 Å². The van der Waals surface area contributed by atoms with Gasteiger partial charge in [-0.15, -0.1) is 0 Å². The van der Waals surface area contributed by atoms with Crippen LogP contribution in [0.2, 0.25) is 0 Å². The largest absolute Gasteiger partial charge is 0.497 e. The lowest BCUT2D eigenvalue weighted by atomic mass is 9.86. The molecule has 0 radical (unpaired) electrons. The van der Waals surface area contributed by atoms with Crippen molar-refractivity contribution in [3.05, 3.63) is 65.2 Å². The number of carbonyl (C=O) groups is 2. The summed E-state index contributed by atoms with van der Waals surface area (Å²) in [7, 11) is 1.66. The molecule has 1 atom stereocenters. The van der Waals surface area contributed by atoms with Gasteiger partial charge in [-0.3, -0.25) is 9.59 Å². The summed E-state index contributed by atoms with van der Waals surface area (Å²) in [6, 6.07) is 16.4. The van der Waals surface area contributed by atoms with Gasteiger partial charge in [0.05, 0.1) is 7.11 Å². The first-order valence-corrected chi connectivity index (χ1v) is 13.3. The first-order chi connectivity index (χ1) is 17.3. The quantitative estimate of drug-likeness (QED) is 0.533. The van der Waals surface area contributed by atoms with Gasteiger partial charge in [-0.25, -0.2) is 0 Å². The van der Waals surface area contributed by atoms with Crippen LogP contribution in [0, 0.1) is 0 Å². The summed E-state index contributed by atoms with van der Waals surface area (Å²) < 4.78 is 5.27. The van der Waals surface area contributed by atoms with Crippen molar-refractivity contribution in [1.82, 2.24) is 14.7 Å². The van der Waals surface area contributed by atoms with Gasteiger partial charge in [0.25, 0.3) is 0 Å². The van der Waals surface area contributed by atoms with Gasteiger partial charge >= 0.3 is 0 Å². The van der Waals surface area contributed by atoms with Gasteiger partial charge in [0.2, 0.25) is 11.8 Å². The molecule has 0 aliphatic carbocycles. The molecule has 6 heteroatoms. The van der Waals surface area contributed by atoms with Gasteiger partial charge in [0, 0.05) is 19.5 Å². The minimum atomic E-state index is -0.362. The molecule has 2 fully saturated rings. The molecule has 2 saturated heterocycles. The standard InChI is InChI=1S/C30H41N3O3/c1-30(2,3)25-12-10-24(11-13-25)29-32(21-16-23-8-14-26(36-4)15-9-23)28(35)22-33(29)27(34)17-20-31-18-6-5-7-19-31/h8-15,29H,5-7,16-22H2,1-4H3. The smallest absolute Gasteiger partial charge is 0.244 e. The SMILES string of the molecule is COc1ccc(CCN2C(=O)CN(C(=O)CCN3CCCCC3)C2c2ccc(C(C)(C)C)cc2)cc1. The van der Waals surface area contributed by atoms with Crippen LogP contribution in [-0.2, 0) is 21.4 Å². The summed E-state index contributed by atoms with van der Waals surface area (Å²) in [5, 5.41) is 0. The number of amides is 2. The lowest BCUT2D eigenvalue weighted by molar-refractivity contribution is -0.134. The maximum atomic E-state index is 13.4. The van der Waals surface area contributed by atoms with Crippen LogP contribution in [0.1, 0.15) is 69.3 Å². The first-order valence-electron chi connectivity index (χ1n) is 13.3. The molecule has 2 aliphatic rings. The molecule has 0 spiro atoms. The fourth-order valence-corrected chi connectivity index (χ4v) is 5.24. The molecule has 1 unspecified atom stereocenters. The molecule has 0 saturated carbocycles. The average Bonchev–Trinajstić information content (AvgIpc) is 3.22. The fraction of sp³-hybridized carbons (Fsp3) is 0.533. The number of carbonyl (C=O) groups excluding carboxylic acids is 2. The Bertz CT molecular complexity index is 1020. The summed E-state index contributed by atoms with van der Waals surface area (Å²) in [4.78, 5) is 32.7. The van der Waals surface area contributed by atoms with E-state index < -0.39 is 0 Å². The Kier molecular flexibility index (Phi) is 8.35. The Morgan fingerprint density at radius 1 is 0.944 bits per heavy atom.